The fraction of sp³-hybridized carbons (Fsp3) is 0.600. The van der Waals surface area contributed by atoms with Gasteiger partial charge >= 0.3 is 0 Å². The molecule has 2 rings (SSSR count). The van der Waals surface area contributed by atoms with Crippen molar-refractivity contribution in [1.82, 2.24) is 9.78 Å². The molecular weight excluding hydrogens is 180 g/mol. The molecule has 1 aromatic rings. The van der Waals surface area contributed by atoms with E-state index in [4.69, 9.17) is 4.74 Å². The lowest BCUT2D eigenvalue weighted by Crippen LogP contribution is -2.32. The molecule has 14 heavy (non-hydrogen) atoms. The average Bonchev–Trinajstić information content (AvgIpc) is 2.23. The summed E-state index contributed by atoms with van der Waals surface area (Å²) in [5.41, 5.74) is 2.54. The molecule has 1 aliphatic rings. The summed E-state index contributed by atoms with van der Waals surface area (Å²) < 4.78 is 7.02. The smallest absolute Gasteiger partial charge is 0.163 e. The van der Waals surface area contributed by atoms with E-state index in [1.807, 2.05) is 18.5 Å². The highest BCUT2D eigenvalue weighted by molar-refractivity contribution is 5.96. The Balaban J connectivity index is 2.42. The number of nitrogens with zero attached hydrogens (tertiary/aromatic N) is 2. The number of carbonyl (C=O) groups is 1. The number of aromatic nitrogens is 2. The van der Waals surface area contributed by atoms with Gasteiger partial charge in [0.05, 0.1) is 30.5 Å². The van der Waals surface area contributed by atoms with Gasteiger partial charge < -0.3 is 4.74 Å². The van der Waals surface area contributed by atoms with Gasteiger partial charge in [-0.15, -0.1) is 0 Å². The lowest BCUT2D eigenvalue weighted by Gasteiger charge is -2.27. The Morgan fingerprint density at radius 2 is 2.14 bits per heavy atom. The van der Waals surface area contributed by atoms with Crippen LogP contribution in [-0.4, -0.2) is 28.8 Å². The van der Waals surface area contributed by atoms with Gasteiger partial charge in [-0.25, -0.2) is 0 Å². The quantitative estimate of drug-likeness (QED) is 0.666. The van der Waals surface area contributed by atoms with Crippen molar-refractivity contribution >= 4 is 5.78 Å². The summed E-state index contributed by atoms with van der Waals surface area (Å²) in [6, 6.07) is 0.321. The first kappa shape index (κ1) is 9.40. The summed E-state index contributed by atoms with van der Waals surface area (Å²) in [7, 11) is 0. The first-order valence-electron chi connectivity index (χ1n) is 4.75. The number of rotatable bonds is 2. The maximum atomic E-state index is 11.3. The van der Waals surface area contributed by atoms with Gasteiger partial charge in [0.25, 0.3) is 0 Å². The zero-order valence-electron chi connectivity index (χ0n) is 8.70. The van der Waals surface area contributed by atoms with Crippen molar-refractivity contribution in [2.75, 3.05) is 13.2 Å². The molecule has 0 unspecified atom stereocenters. The molecule has 1 saturated heterocycles. The normalized spacial score (nSPS) is 16.8. The standard InChI is InChI=1S/C10H14N2O2/c1-6-10(8(3)13)7(2)12(11-6)9-4-14-5-9/h9H,4-5H2,1-3H3. The van der Waals surface area contributed by atoms with Gasteiger partial charge in [-0.05, 0) is 20.8 Å². The molecule has 4 nitrogen and oxygen atoms in total. The highest BCUT2D eigenvalue weighted by atomic mass is 16.5. The molecule has 4 heteroatoms. The highest BCUT2D eigenvalue weighted by Crippen LogP contribution is 2.22. The van der Waals surface area contributed by atoms with Crippen LogP contribution in [0.5, 0.6) is 0 Å². The van der Waals surface area contributed by atoms with Gasteiger partial charge in [0.15, 0.2) is 5.78 Å². The van der Waals surface area contributed by atoms with Gasteiger partial charge in [-0.2, -0.15) is 5.10 Å². The van der Waals surface area contributed by atoms with E-state index >= 15 is 0 Å². The van der Waals surface area contributed by atoms with Crippen LogP contribution in [0.15, 0.2) is 0 Å². The summed E-state index contributed by atoms with van der Waals surface area (Å²) in [6.45, 7) is 6.81. The number of Topliss-reactive ketones (excluding diaryl/α,β-unsaturated/α-hetero) is 1. The number of carbonyl (C=O) groups excluding carboxylic acids is 1. The lowest BCUT2D eigenvalue weighted by atomic mass is 10.1. The van der Waals surface area contributed by atoms with Gasteiger partial charge in [-0.1, -0.05) is 0 Å². The largest absolute Gasteiger partial charge is 0.377 e. The van der Waals surface area contributed by atoms with E-state index < -0.39 is 0 Å². The van der Waals surface area contributed by atoms with Crippen molar-refractivity contribution < 1.29 is 9.53 Å². The van der Waals surface area contributed by atoms with Crippen LogP contribution in [0.3, 0.4) is 0 Å². The first-order chi connectivity index (χ1) is 6.61. The van der Waals surface area contributed by atoms with Crippen molar-refractivity contribution in [2.24, 2.45) is 0 Å². The van der Waals surface area contributed by atoms with Crippen LogP contribution >= 0.6 is 0 Å². The molecule has 0 atom stereocenters. The monoisotopic (exact) mass is 194 g/mol. The van der Waals surface area contributed by atoms with Gasteiger partial charge in [0.2, 0.25) is 0 Å². The molecular formula is C10H14N2O2. The fourth-order valence-corrected chi connectivity index (χ4v) is 1.89. The van der Waals surface area contributed by atoms with Crippen LogP contribution in [-0.2, 0) is 4.74 Å². The minimum absolute atomic E-state index is 0.0893. The molecule has 0 aromatic carbocycles. The Morgan fingerprint density at radius 3 is 2.50 bits per heavy atom. The Kier molecular flexibility index (Phi) is 2.15. The van der Waals surface area contributed by atoms with E-state index in [-0.39, 0.29) is 5.78 Å². The second kappa shape index (κ2) is 3.20. The molecule has 0 radical (unpaired) electrons. The SMILES string of the molecule is CC(=O)c1c(C)nn(C2COC2)c1C. The minimum atomic E-state index is 0.0893. The lowest BCUT2D eigenvalue weighted by molar-refractivity contribution is -0.0296. The number of hydrogen-bond donors (Lipinski definition) is 0. The molecule has 0 N–H and O–H groups in total. The van der Waals surface area contributed by atoms with Crippen molar-refractivity contribution in [1.29, 1.82) is 0 Å². The minimum Gasteiger partial charge on any atom is -0.377 e. The predicted octanol–water partition coefficient (Wildman–Crippen LogP) is 1.27. The summed E-state index contributed by atoms with van der Waals surface area (Å²) >= 11 is 0. The fourth-order valence-electron chi connectivity index (χ4n) is 1.89. The summed E-state index contributed by atoms with van der Waals surface area (Å²) in [6.07, 6.45) is 0. The van der Waals surface area contributed by atoms with Crippen LogP contribution in [0, 0.1) is 13.8 Å². The summed E-state index contributed by atoms with van der Waals surface area (Å²) in [5.74, 6) is 0.0893. The van der Waals surface area contributed by atoms with E-state index in [2.05, 4.69) is 5.10 Å². The van der Waals surface area contributed by atoms with E-state index in [9.17, 15) is 4.79 Å². The van der Waals surface area contributed by atoms with Crippen LogP contribution in [0.1, 0.15) is 34.7 Å². The van der Waals surface area contributed by atoms with E-state index in [1.165, 1.54) is 0 Å². The predicted molar refractivity (Wildman–Crippen MR) is 51.6 cm³/mol. The van der Waals surface area contributed by atoms with Crippen LogP contribution < -0.4 is 0 Å². The Hall–Kier alpha value is -1.16. The number of ether oxygens (including phenoxy) is 1. The van der Waals surface area contributed by atoms with Gasteiger partial charge in [0.1, 0.15) is 0 Å². The third-order valence-corrected chi connectivity index (χ3v) is 2.64. The third-order valence-electron chi connectivity index (χ3n) is 2.64. The number of aryl methyl sites for hydroxylation is 1. The van der Waals surface area contributed by atoms with Crippen molar-refractivity contribution in [3.63, 3.8) is 0 Å². The molecule has 76 valence electrons. The van der Waals surface area contributed by atoms with E-state index in [0.717, 1.165) is 17.0 Å². The Morgan fingerprint density at radius 1 is 1.50 bits per heavy atom. The Labute approximate surface area is 82.9 Å². The van der Waals surface area contributed by atoms with Crippen LogP contribution in [0.4, 0.5) is 0 Å². The summed E-state index contributed by atoms with van der Waals surface area (Å²) in [5, 5.41) is 4.37. The van der Waals surface area contributed by atoms with E-state index in [0.29, 0.717) is 19.3 Å². The van der Waals surface area contributed by atoms with Crippen molar-refractivity contribution in [3.05, 3.63) is 17.0 Å². The molecule has 0 aliphatic carbocycles. The molecule has 1 aromatic heterocycles. The molecule has 1 aliphatic heterocycles. The van der Waals surface area contributed by atoms with Crippen LogP contribution in [0.25, 0.3) is 0 Å². The zero-order valence-corrected chi connectivity index (χ0v) is 8.70. The second-order valence-corrected chi connectivity index (χ2v) is 3.74. The van der Waals surface area contributed by atoms with Crippen molar-refractivity contribution in [2.45, 2.75) is 26.8 Å². The second-order valence-electron chi connectivity index (χ2n) is 3.74. The number of hydrogen-bond acceptors (Lipinski definition) is 3. The zero-order chi connectivity index (χ0) is 10.3. The summed E-state index contributed by atoms with van der Waals surface area (Å²) in [4.78, 5) is 11.3. The molecule has 0 spiro atoms. The van der Waals surface area contributed by atoms with E-state index in [1.54, 1.807) is 6.92 Å². The average molecular weight is 194 g/mol. The molecule has 0 saturated carbocycles. The molecule has 0 amide bonds. The highest BCUT2D eigenvalue weighted by Gasteiger charge is 2.25. The molecule has 0 bridgehead atoms. The van der Waals surface area contributed by atoms with Gasteiger partial charge in [0, 0.05) is 5.69 Å². The molecule has 2 heterocycles. The Bertz CT molecular complexity index is 378. The van der Waals surface area contributed by atoms with Crippen molar-refractivity contribution in [3.8, 4) is 0 Å². The third kappa shape index (κ3) is 1.26. The number of ketones is 1. The van der Waals surface area contributed by atoms with Crippen LogP contribution in [0.2, 0.25) is 0 Å². The molecule has 1 fully saturated rings. The topological polar surface area (TPSA) is 44.1 Å². The maximum absolute atomic E-state index is 11.3. The maximum Gasteiger partial charge on any atom is 0.163 e. The van der Waals surface area contributed by atoms with Gasteiger partial charge in [-0.3, -0.25) is 9.48 Å². The first-order valence-corrected chi connectivity index (χ1v) is 4.75.